The van der Waals surface area contributed by atoms with Crippen LogP contribution in [0.3, 0.4) is 0 Å². The maximum absolute atomic E-state index is 13.2. The number of methoxy groups -OCH3 is 1. The van der Waals surface area contributed by atoms with Crippen molar-refractivity contribution in [3.63, 3.8) is 0 Å². The van der Waals surface area contributed by atoms with Crippen molar-refractivity contribution in [2.75, 3.05) is 7.11 Å². The first kappa shape index (κ1) is 16.4. The summed E-state index contributed by atoms with van der Waals surface area (Å²) in [5.74, 6) is -0.149. The molecule has 1 amide bonds. The molecule has 0 saturated carbocycles. The number of nitrogens with zero attached hydrogens (tertiary/aromatic N) is 2. The van der Waals surface area contributed by atoms with E-state index in [1.54, 1.807) is 12.1 Å². The molecule has 0 bridgehead atoms. The van der Waals surface area contributed by atoms with Crippen LogP contribution in [0.5, 0.6) is 5.75 Å². The van der Waals surface area contributed by atoms with Crippen molar-refractivity contribution in [1.82, 2.24) is 0 Å². The smallest absolute Gasteiger partial charge is 0.417 e. The van der Waals surface area contributed by atoms with Gasteiger partial charge in [-0.15, -0.1) is 0 Å². The zero-order valence-electron chi connectivity index (χ0n) is 12.4. The van der Waals surface area contributed by atoms with Gasteiger partial charge in [0.25, 0.3) is 5.91 Å². The average Bonchev–Trinajstić information content (AvgIpc) is 2.97. The maximum atomic E-state index is 13.2. The van der Waals surface area contributed by atoms with Crippen LogP contribution in [-0.2, 0) is 16.9 Å². The molecule has 1 unspecified atom stereocenters. The fourth-order valence-corrected chi connectivity index (χ4v) is 3.68. The molecule has 0 aliphatic carbocycles. The van der Waals surface area contributed by atoms with E-state index in [0.29, 0.717) is 5.75 Å². The van der Waals surface area contributed by atoms with Crippen molar-refractivity contribution in [2.45, 2.75) is 11.1 Å². The average molecular weight is 352 g/mol. The molecule has 0 aromatic heterocycles. The van der Waals surface area contributed by atoms with Gasteiger partial charge in [-0.25, -0.2) is 4.99 Å². The Morgan fingerprint density at radius 2 is 1.96 bits per heavy atom. The number of aliphatic imine (C=N–C) groups is 1. The van der Waals surface area contributed by atoms with E-state index in [2.05, 4.69) is 9.36 Å². The number of rotatable bonds is 2. The minimum absolute atomic E-state index is 0.0683. The molecule has 3 rings (SSSR count). The number of hydrogen-bond donors (Lipinski definition) is 0. The topological polar surface area (TPSA) is 51.0 Å². The van der Waals surface area contributed by atoms with Gasteiger partial charge in [-0.3, -0.25) is 4.79 Å². The SMILES string of the molecule is COc1cccc(C(=O)N=S2C=Nc3cccc(C(F)(F)F)c32)c1. The van der Waals surface area contributed by atoms with E-state index in [1.807, 2.05) is 0 Å². The summed E-state index contributed by atoms with van der Waals surface area (Å²) in [5, 5.41) is 0. The van der Waals surface area contributed by atoms with Crippen LogP contribution in [0, 0.1) is 0 Å². The quantitative estimate of drug-likeness (QED) is 0.805. The summed E-state index contributed by atoms with van der Waals surface area (Å²) in [5.41, 5.74) is 0.893. The number of ether oxygens (including phenoxy) is 1. The summed E-state index contributed by atoms with van der Waals surface area (Å²) in [6.45, 7) is 0. The fourth-order valence-electron chi connectivity index (χ4n) is 2.20. The van der Waals surface area contributed by atoms with Gasteiger partial charge in [0, 0.05) is 5.56 Å². The summed E-state index contributed by atoms with van der Waals surface area (Å²) in [6.07, 6.45) is -4.53. The van der Waals surface area contributed by atoms with Crippen LogP contribution >= 0.6 is 0 Å². The molecular formula is C16H11F3N2O2S. The lowest BCUT2D eigenvalue weighted by Crippen LogP contribution is -2.09. The van der Waals surface area contributed by atoms with Gasteiger partial charge in [-0.05, 0) is 41.0 Å². The van der Waals surface area contributed by atoms with Crippen LogP contribution in [0.25, 0.3) is 0 Å². The van der Waals surface area contributed by atoms with E-state index >= 15 is 0 Å². The normalized spacial score (nSPS) is 16.2. The van der Waals surface area contributed by atoms with Gasteiger partial charge in [-0.2, -0.15) is 17.5 Å². The number of amides is 1. The minimum Gasteiger partial charge on any atom is -0.497 e. The molecule has 0 N–H and O–H groups in total. The first-order chi connectivity index (χ1) is 11.4. The number of halogens is 3. The van der Waals surface area contributed by atoms with Crippen LogP contribution in [0.1, 0.15) is 15.9 Å². The van der Waals surface area contributed by atoms with E-state index in [0.717, 1.165) is 6.07 Å². The molecular weight excluding hydrogens is 341 g/mol. The summed E-state index contributed by atoms with van der Waals surface area (Å²) < 4.78 is 48.5. The lowest BCUT2D eigenvalue weighted by molar-refractivity contribution is -0.139. The van der Waals surface area contributed by atoms with Gasteiger partial charge in [0.2, 0.25) is 0 Å². The standard InChI is InChI=1S/C16H11F3N2O2S/c1-23-11-5-2-4-10(8-11)15(22)21-24-9-20-13-7-3-6-12(14(13)24)16(17,18)19/h2-9H,1H3. The number of carbonyl (C=O) groups excluding carboxylic acids is 1. The molecule has 2 aromatic carbocycles. The highest BCUT2D eigenvalue weighted by atomic mass is 32.2. The number of hydrogen-bond acceptors (Lipinski definition) is 3. The third-order valence-electron chi connectivity index (χ3n) is 3.30. The van der Waals surface area contributed by atoms with Gasteiger partial charge in [0.15, 0.2) is 0 Å². The molecule has 24 heavy (non-hydrogen) atoms. The largest absolute Gasteiger partial charge is 0.497 e. The highest BCUT2D eigenvalue weighted by molar-refractivity contribution is 8.01. The molecule has 1 atom stereocenters. The van der Waals surface area contributed by atoms with Gasteiger partial charge >= 0.3 is 6.18 Å². The Bertz CT molecular complexity index is 876. The van der Waals surface area contributed by atoms with Crippen LogP contribution in [-0.4, -0.2) is 18.6 Å². The Hall–Kier alpha value is -2.48. The molecule has 2 aromatic rings. The predicted molar refractivity (Wildman–Crippen MR) is 85.0 cm³/mol. The Labute approximate surface area is 138 Å². The van der Waals surface area contributed by atoms with Gasteiger partial charge < -0.3 is 4.74 Å². The minimum atomic E-state index is -4.53. The molecule has 0 radical (unpaired) electrons. The van der Waals surface area contributed by atoms with Crippen LogP contribution in [0.15, 0.2) is 56.7 Å². The van der Waals surface area contributed by atoms with E-state index < -0.39 is 28.3 Å². The Morgan fingerprint density at radius 1 is 1.21 bits per heavy atom. The van der Waals surface area contributed by atoms with Crippen LogP contribution in [0.4, 0.5) is 18.9 Å². The highest BCUT2D eigenvalue weighted by Gasteiger charge is 2.36. The second kappa shape index (κ2) is 6.20. The monoisotopic (exact) mass is 352 g/mol. The fraction of sp³-hybridized carbons (Fsp3) is 0.125. The number of alkyl halides is 3. The lowest BCUT2D eigenvalue weighted by atomic mass is 10.2. The second-order valence-corrected chi connectivity index (χ2v) is 6.26. The predicted octanol–water partition coefficient (Wildman–Crippen LogP) is 4.39. The van der Waals surface area contributed by atoms with Crippen molar-refractivity contribution < 1.29 is 22.7 Å². The third kappa shape index (κ3) is 3.09. The molecule has 0 fully saturated rings. The Morgan fingerprint density at radius 3 is 2.67 bits per heavy atom. The summed E-state index contributed by atoms with van der Waals surface area (Å²) >= 11 is 0. The second-order valence-electron chi connectivity index (χ2n) is 4.83. The van der Waals surface area contributed by atoms with Gasteiger partial charge in [0.05, 0.1) is 28.8 Å². The van der Waals surface area contributed by atoms with E-state index in [9.17, 15) is 18.0 Å². The first-order valence-corrected chi connectivity index (χ1v) is 8.02. The number of benzene rings is 2. The molecule has 0 spiro atoms. The number of fused-ring (bicyclic) bond motifs is 1. The zero-order chi connectivity index (χ0) is 17.3. The Kier molecular flexibility index (Phi) is 4.23. The van der Waals surface area contributed by atoms with Crippen LogP contribution in [0.2, 0.25) is 0 Å². The molecule has 8 heteroatoms. The first-order valence-electron chi connectivity index (χ1n) is 6.78. The third-order valence-corrected chi connectivity index (χ3v) is 4.81. The van der Waals surface area contributed by atoms with E-state index in [4.69, 9.17) is 4.74 Å². The molecule has 1 aliphatic heterocycles. The van der Waals surface area contributed by atoms with Crippen molar-refractivity contribution in [3.05, 3.63) is 53.6 Å². The molecule has 4 nitrogen and oxygen atoms in total. The van der Waals surface area contributed by atoms with Crippen LogP contribution < -0.4 is 4.74 Å². The zero-order valence-corrected chi connectivity index (χ0v) is 13.2. The summed E-state index contributed by atoms with van der Waals surface area (Å²) in [6, 6.07) is 10.0. The molecule has 0 saturated heterocycles. The summed E-state index contributed by atoms with van der Waals surface area (Å²) in [7, 11) is 0.0799. The van der Waals surface area contributed by atoms with Crippen molar-refractivity contribution >= 4 is 27.8 Å². The van der Waals surface area contributed by atoms with E-state index in [-0.39, 0.29) is 16.1 Å². The van der Waals surface area contributed by atoms with Crippen molar-refractivity contribution in [2.24, 2.45) is 9.36 Å². The molecule has 124 valence electrons. The Balaban J connectivity index is 2.03. The highest BCUT2D eigenvalue weighted by Crippen LogP contribution is 2.40. The summed E-state index contributed by atoms with van der Waals surface area (Å²) in [4.78, 5) is 16.2. The molecule has 1 heterocycles. The van der Waals surface area contributed by atoms with Crippen molar-refractivity contribution in [3.8, 4) is 5.75 Å². The van der Waals surface area contributed by atoms with Gasteiger partial charge in [0.1, 0.15) is 5.75 Å². The van der Waals surface area contributed by atoms with E-state index in [1.165, 1.54) is 36.9 Å². The lowest BCUT2D eigenvalue weighted by Gasteiger charge is -2.11. The molecule has 1 aliphatic rings. The van der Waals surface area contributed by atoms with Gasteiger partial charge in [-0.1, -0.05) is 12.1 Å². The van der Waals surface area contributed by atoms with Crippen molar-refractivity contribution in [1.29, 1.82) is 0 Å². The maximum Gasteiger partial charge on any atom is 0.417 e. The number of carbonyl (C=O) groups is 1.